The Bertz CT molecular complexity index is 610. The van der Waals surface area contributed by atoms with Gasteiger partial charge in [0, 0.05) is 11.4 Å². The lowest BCUT2D eigenvalue weighted by Crippen LogP contribution is -2.16. The van der Waals surface area contributed by atoms with E-state index in [9.17, 15) is 9.90 Å². The van der Waals surface area contributed by atoms with Gasteiger partial charge >= 0.3 is 5.97 Å². The number of nitrogens with one attached hydrogen (secondary N) is 1. The molecule has 1 unspecified atom stereocenters. The average Bonchev–Trinajstić information content (AvgIpc) is 2.44. The normalized spacial score (nSPS) is 12.3. The summed E-state index contributed by atoms with van der Waals surface area (Å²) >= 11 is 0. The monoisotopic (exact) mass is 272 g/mol. The van der Waals surface area contributed by atoms with Crippen LogP contribution in [0.1, 0.15) is 43.5 Å². The molecule has 1 aromatic heterocycles. The van der Waals surface area contributed by atoms with Crippen LogP contribution in [0.25, 0.3) is 10.9 Å². The van der Waals surface area contributed by atoms with Crippen LogP contribution in [0.4, 0.5) is 5.82 Å². The number of anilines is 1. The van der Waals surface area contributed by atoms with Crippen LogP contribution in [0.15, 0.2) is 30.3 Å². The van der Waals surface area contributed by atoms with Gasteiger partial charge in [-0.05, 0) is 25.5 Å². The van der Waals surface area contributed by atoms with Crippen LogP contribution < -0.4 is 5.32 Å². The topological polar surface area (TPSA) is 62.2 Å². The minimum atomic E-state index is -0.923. The minimum Gasteiger partial charge on any atom is -0.478 e. The Morgan fingerprint density at radius 2 is 2.15 bits per heavy atom. The Kier molecular flexibility index (Phi) is 4.56. The fourth-order valence-corrected chi connectivity index (χ4v) is 2.26. The maximum atomic E-state index is 11.4. The summed E-state index contributed by atoms with van der Waals surface area (Å²) in [5, 5.41) is 13.3. The fraction of sp³-hybridized carbons (Fsp3) is 0.375. The van der Waals surface area contributed by atoms with Crippen molar-refractivity contribution in [3.05, 3.63) is 35.9 Å². The van der Waals surface area contributed by atoms with E-state index in [1.54, 1.807) is 12.1 Å². The first-order valence-corrected chi connectivity index (χ1v) is 7.01. The first kappa shape index (κ1) is 14.3. The first-order valence-electron chi connectivity index (χ1n) is 7.01. The zero-order chi connectivity index (χ0) is 14.5. The fourth-order valence-electron chi connectivity index (χ4n) is 2.26. The number of rotatable bonds is 6. The van der Waals surface area contributed by atoms with Crippen molar-refractivity contribution in [3.63, 3.8) is 0 Å². The molecule has 0 spiro atoms. The zero-order valence-corrected chi connectivity index (χ0v) is 11.9. The van der Waals surface area contributed by atoms with Gasteiger partial charge in [-0.3, -0.25) is 0 Å². The van der Waals surface area contributed by atoms with Crippen molar-refractivity contribution in [2.45, 2.75) is 39.2 Å². The van der Waals surface area contributed by atoms with E-state index in [0.717, 1.165) is 19.3 Å². The molecule has 106 valence electrons. The quantitative estimate of drug-likeness (QED) is 0.836. The van der Waals surface area contributed by atoms with Gasteiger partial charge in [-0.1, -0.05) is 38.0 Å². The highest BCUT2D eigenvalue weighted by Crippen LogP contribution is 2.21. The molecule has 4 heteroatoms. The molecule has 0 saturated carbocycles. The molecule has 0 fully saturated rings. The number of carboxylic acids is 1. The Hall–Kier alpha value is -2.10. The maximum Gasteiger partial charge on any atom is 0.336 e. The lowest BCUT2D eigenvalue weighted by Gasteiger charge is -2.15. The van der Waals surface area contributed by atoms with E-state index in [2.05, 4.69) is 24.1 Å². The van der Waals surface area contributed by atoms with Gasteiger partial charge in [0.15, 0.2) is 0 Å². The van der Waals surface area contributed by atoms with Crippen LogP contribution in [-0.4, -0.2) is 22.1 Å². The summed E-state index contributed by atoms with van der Waals surface area (Å²) in [5.74, 6) is -0.294. The van der Waals surface area contributed by atoms with Crippen molar-refractivity contribution in [1.29, 1.82) is 0 Å². The molecule has 1 aromatic carbocycles. The summed E-state index contributed by atoms with van der Waals surface area (Å²) in [7, 11) is 0. The van der Waals surface area contributed by atoms with Crippen LogP contribution in [-0.2, 0) is 0 Å². The van der Waals surface area contributed by atoms with Gasteiger partial charge in [0.2, 0.25) is 0 Å². The Morgan fingerprint density at radius 1 is 1.40 bits per heavy atom. The van der Waals surface area contributed by atoms with Crippen molar-refractivity contribution < 1.29 is 9.90 Å². The Morgan fingerprint density at radius 3 is 2.85 bits per heavy atom. The van der Waals surface area contributed by atoms with Crippen molar-refractivity contribution in [2.75, 3.05) is 5.32 Å². The Balaban J connectivity index is 2.32. The van der Waals surface area contributed by atoms with Crippen molar-refractivity contribution in [3.8, 4) is 0 Å². The number of carboxylic acid groups (broad SMARTS) is 1. The molecule has 0 radical (unpaired) electrons. The summed E-state index contributed by atoms with van der Waals surface area (Å²) in [6.07, 6.45) is 3.35. The standard InChI is InChI=1S/C16H20N2O2/c1-3-4-7-11(2)17-15-10-13(16(19)20)12-8-5-6-9-14(12)18-15/h5-6,8-11H,3-4,7H2,1-2H3,(H,17,18)(H,19,20). The van der Waals surface area contributed by atoms with E-state index in [-0.39, 0.29) is 6.04 Å². The predicted molar refractivity (Wildman–Crippen MR) is 81.3 cm³/mol. The molecule has 0 aliphatic carbocycles. The summed E-state index contributed by atoms with van der Waals surface area (Å²) < 4.78 is 0. The van der Waals surface area contributed by atoms with E-state index in [0.29, 0.717) is 22.3 Å². The number of aromatic nitrogens is 1. The molecular formula is C16H20N2O2. The van der Waals surface area contributed by atoms with Gasteiger partial charge in [0.05, 0.1) is 11.1 Å². The maximum absolute atomic E-state index is 11.4. The van der Waals surface area contributed by atoms with E-state index in [1.165, 1.54) is 0 Å². The number of benzene rings is 1. The highest BCUT2D eigenvalue weighted by Gasteiger charge is 2.12. The number of unbranched alkanes of at least 4 members (excludes halogenated alkanes) is 1. The molecule has 0 aliphatic rings. The summed E-state index contributed by atoms with van der Waals surface area (Å²) in [6.45, 7) is 4.25. The molecule has 0 bridgehead atoms. The molecule has 20 heavy (non-hydrogen) atoms. The summed E-state index contributed by atoms with van der Waals surface area (Å²) in [5.41, 5.74) is 0.999. The molecule has 0 amide bonds. The number of carbonyl (C=O) groups is 1. The van der Waals surface area contributed by atoms with Crippen LogP contribution in [0.5, 0.6) is 0 Å². The molecular weight excluding hydrogens is 252 g/mol. The largest absolute Gasteiger partial charge is 0.478 e. The van der Waals surface area contributed by atoms with Crippen molar-refractivity contribution in [2.24, 2.45) is 0 Å². The molecule has 0 aliphatic heterocycles. The highest BCUT2D eigenvalue weighted by atomic mass is 16.4. The number of hydrogen-bond acceptors (Lipinski definition) is 3. The number of nitrogens with zero attached hydrogens (tertiary/aromatic N) is 1. The van der Waals surface area contributed by atoms with Gasteiger partial charge in [0.1, 0.15) is 5.82 Å². The van der Waals surface area contributed by atoms with Gasteiger partial charge in [-0.15, -0.1) is 0 Å². The lowest BCUT2D eigenvalue weighted by atomic mass is 10.1. The third-order valence-corrected chi connectivity index (χ3v) is 3.33. The lowest BCUT2D eigenvalue weighted by molar-refractivity contribution is 0.0699. The molecule has 0 saturated heterocycles. The smallest absolute Gasteiger partial charge is 0.336 e. The minimum absolute atomic E-state index is 0.283. The molecule has 1 heterocycles. The Labute approximate surface area is 118 Å². The van der Waals surface area contributed by atoms with Gasteiger partial charge in [0.25, 0.3) is 0 Å². The number of aromatic carboxylic acids is 1. The third kappa shape index (κ3) is 3.26. The van der Waals surface area contributed by atoms with Crippen LogP contribution in [0.3, 0.4) is 0 Å². The molecule has 2 aromatic rings. The second kappa shape index (κ2) is 6.37. The van der Waals surface area contributed by atoms with Gasteiger partial charge in [-0.2, -0.15) is 0 Å². The van der Waals surface area contributed by atoms with E-state index in [1.807, 2.05) is 18.2 Å². The number of para-hydroxylation sites is 1. The number of fused-ring (bicyclic) bond motifs is 1. The molecule has 2 N–H and O–H groups in total. The number of pyridine rings is 1. The zero-order valence-electron chi connectivity index (χ0n) is 11.9. The van der Waals surface area contributed by atoms with E-state index < -0.39 is 5.97 Å². The molecule has 2 rings (SSSR count). The van der Waals surface area contributed by atoms with Crippen molar-refractivity contribution >= 4 is 22.7 Å². The van der Waals surface area contributed by atoms with Crippen LogP contribution in [0.2, 0.25) is 0 Å². The highest BCUT2D eigenvalue weighted by molar-refractivity contribution is 6.03. The second-order valence-corrected chi connectivity index (χ2v) is 5.06. The van der Waals surface area contributed by atoms with Gasteiger partial charge in [-0.25, -0.2) is 9.78 Å². The van der Waals surface area contributed by atoms with Gasteiger partial charge < -0.3 is 10.4 Å². The van der Waals surface area contributed by atoms with E-state index >= 15 is 0 Å². The van der Waals surface area contributed by atoms with E-state index in [4.69, 9.17) is 0 Å². The average molecular weight is 272 g/mol. The SMILES string of the molecule is CCCCC(C)Nc1cc(C(=O)O)c2ccccc2n1. The molecule has 1 atom stereocenters. The second-order valence-electron chi connectivity index (χ2n) is 5.06. The van der Waals surface area contributed by atoms with Crippen LogP contribution in [0, 0.1) is 0 Å². The molecule has 4 nitrogen and oxygen atoms in total. The van der Waals surface area contributed by atoms with Crippen molar-refractivity contribution in [1.82, 2.24) is 4.98 Å². The predicted octanol–water partition coefficient (Wildman–Crippen LogP) is 3.92. The third-order valence-electron chi connectivity index (χ3n) is 3.33. The summed E-state index contributed by atoms with van der Waals surface area (Å²) in [6, 6.07) is 9.22. The first-order chi connectivity index (χ1) is 9.61. The number of hydrogen-bond donors (Lipinski definition) is 2. The summed E-state index contributed by atoms with van der Waals surface area (Å²) in [4.78, 5) is 15.9. The van der Waals surface area contributed by atoms with Crippen LogP contribution >= 0.6 is 0 Å².